The molecule has 3 aromatic rings. The van der Waals surface area contributed by atoms with Crippen LogP contribution in [0.4, 0.5) is 5.69 Å². The summed E-state index contributed by atoms with van der Waals surface area (Å²) >= 11 is 0. The Bertz CT molecular complexity index is 952. The molecule has 0 spiro atoms. The van der Waals surface area contributed by atoms with Gasteiger partial charge in [0.2, 0.25) is 5.89 Å². The molecule has 2 aromatic carbocycles. The first-order valence-electron chi connectivity index (χ1n) is 7.81. The van der Waals surface area contributed by atoms with Gasteiger partial charge < -0.3 is 9.15 Å². The van der Waals surface area contributed by atoms with Crippen LogP contribution in [0.15, 0.2) is 52.9 Å². The number of nitrogens with zero attached hydrogens (tertiary/aromatic N) is 3. The second kappa shape index (κ2) is 7.14. The summed E-state index contributed by atoms with van der Waals surface area (Å²) in [4.78, 5) is 23.0. The van der Waals surface area contributed by atoms with E-state index >= 15 is 0 Å². The van der Waals surface area contributed by atoms with Gasteiger partial charge in [0, 0.05) is 11.6 Å². The zero-order chi connectivity index (χ0) is 18.7. The lowest BCUT2D eigenvalue weighted by atomic mass is 10.1. The summed E-state index contributed by atoms with van der Waals surface area (Å²) in [6, 6.07) is 13.5. The first kappa shape index (κ1) is 17.3. The minimum atomic E-state index is -0.855. The summed E-state index contributed by atoms with van der Waals surface area (Å²) < 4.78 is 10.8. The van der Waals surface area contributed by atoms with E-state index in [0.29, 0.717) is 11.5 Å². The standard InChI is InChI=1S/C18H15N3O5/c1-11-7-6-10-14(21(23)24)15(11)18(22)25-12(2)16-19-20-17(26-16)13-8-4-3-5-9-13/h3-10,12H,1-2H3. The van der Waals surface area contributed by atoms with Crippen LogP contribution in [-0.4, -0.2) is 21.1 Å². The van der Waals surface area contributed by atoms with Gasteiger partial charge in [0.05, 0.1) is 4.92 Å². The molecule has 26 heavy (non-hydrogen) atoms. The van der Waals surface area contributed by atoms with Gasteiger partial charge in [-0.05, 0) is 31.5 Å². The number of carbonyl (C=O) groups excluding carboxylic acids is 1. The van der Waals surface area contributed by atoms with Crippen molar-refractivity contribution in [2.45, 2.75) is 20.0 Å². The Morgan fingerprint density at radius 2 is 1.88 bits per heavy atom. The summed E-state index contributed by atoms with van der Waals surface area (Å²) in [6.07, 6.45) is -0.855. The number of aryl methyl sites for hydroxylation is 1. The zero-order valence-corrected chi connectivity index (χ0v) is 14.1. The van der Waals surface area contributed by atoms with Crippen LogP contribution in [0, 0.1) is 17.0 Å². The van der Waals surface area contributed by atoms with Gasteiger partial charge in [-0.15, -0.1) is 10.2 Å². The number of nitro groups is 1. The van der Waals surface area contributed by atoms with Crippen molar-refractivity contribution in [1.29, 1.82) is 0 Å². The highest BCUT2D eigenvalue weighted by Crippen LogP contribution is 2.27. The lowest BCUT2D eigenvalue weighted by Gasteiger charge is -2.11. The maximum atomic E-state index is 12.4. The van der Waals surface area contributed by atoms with Gasteiger partial charge in [0.15, 0.2) is 6.10 Å². The summed E-state index contributed by atoms with van der Waals surface area (Å²) in [5.74, 6) is -0.416. The predicted octanol–water partition coefficient (Wildman–Crippen LogP) is 3.87. The lowest BCUT2D eigenvalue weighted by Crippen LogP contribution is -2.13. The number of rotatable bonds is 5. The Kier molecular flexibility index (Phi) is 4.74. The third-order valence-corrected chi connectivity index (χ3v) is 3.74. The smallest absolute Gasteiger partial charge is 0.346 e. The third-order valence-electron chi connectivity index (χ3n) is 3.74. The molecular formula is C18H15N3O5. The van der Waals surface area contributed by atoms with E-state index in [4.69, 9.17) is 9.15 Å². The first-order chi connectivity index (χ1) is 12.5. The van der Waals surface area contributed by atoms with E-state index in [1.54, 1.807) is 19.9 Å². The van der Waals surface area contributed by atoms with Gasteiger partial charge in [-0.3, -0.25) is 10.1 Å². The molecule has 1 aromatic heterocycles. The molecule has 0 bridgehead atoms. The average Bonchev–Trinajstić information content (AvgIpc) is 3.12. The number of hydrogen-bond acceptors (Lipinski definition) is 7. The maximum absolute atomic E-state index is 12.4. The molecule has 0 radical (unpaired) electrons. The molecule has 0 fully saturated rings. The zero-order valence-electron chi connectivity index (χ0n) is 14.1. The summed E-state index contributed by atoms with van der Waals surface area (Å²) in [6.45, 7) is 3.17. The van der Waals surface area contributed by atoms with E-state index in [-0.39, 0.29) is 17.1 Å². The fraction of sp³-hybridized carbons (Fsp3) is 0.167. The molecule has 1 atom stereocenters. The highest BCUT2D eigenvalue weighted by atomic mass is 16.6. The molecule has 0 aliphatic heterocycles. The number of carbonyl (C=O) groups is 1. The minimum absolute atomic E-state index is 0.0906. The average molecular weight is 353 g/mol. The van der Waals surface area contributed by atoms with Gasteiger partial charge in [0.25, 0.3) is 11.6 Å². The predicted molar refractivity (Wildman–Crippen MR) is 91.4 cm³/mol. The van der Waals surface area contributed by atoms with Gasteiger partial charge >= 0.3 is 5.97 Å². The number of benzene rings is 2. The molecule has 0 N–H and O–H groups in total. The number of esters is 1. The summed E-state index contributed by atoms with van der Waals surface area (Å²) in [7, 11) is 0. The quantitative estimate of drug-likeness (QED) is 0.389. The number of hydrogen-bond donors (Lipinski definition) is 0. The summed E-state index contributed by atoms with van der Waals surface area (Å²) in [5.41, 5.74) is 0.788. The number of nitro benzene ring substituents is 1. The van der Waals surface area contributed by atoms with Crippen LogP contribution in [0.5, 0.6) is 0 Å². The Morgan fingerprint density at radius 3 is 2.58 bits per heavy atom. The van der Waals surface area contributed by atoms with Crippen LogP contribution in [-0.2, 0) is 4.74 Å². The molecule has 0 aliphatic rings. The SMILES string of the molecule is Cc1cccc([N+](=O)[O-])c1C(=O)OC(C)c1nnc(-c2ccccc2)o1. The molecule has 8 nitrogen and oxygen atoms in total. The van der Waals surface area contributed by atoms with Crippen LogP contribution >= 0.6 is 0 Å². The Balaban J connectivity index is 1.81. The van der Waals surface area contributed by atoms with Crippen molar-refractivity contribution in [1.82, 2.24) is 10.2 Å². The molecule has 0 amide bonds. The highest BCUT2D eigenvalue weighted by Gasteiger charge is 2.27. The number of aromatic nitrogens is 2. The highest BCUT2D eigenvalue weighted by molar-refractivity contribution is 5.95. The van der Waals surface area contributed by atoms with Crippen LogP contribution < -0.4 is 0 Å². The lowest BCUT2D eigenvalue weighted by molar-refractivity contribution is -0.385. The fourth-order valence-electron chi connectivity index (χ4n) is 2.44. The second-order valence-electron chi connectivity index (χ2n) is 5.59. The molecule has 1 heterocycles. The molecule has 0 saturated carbocycles. The van der Waals surface area contributed by atoms with Crippen molar-refractivity contribution in [3.05, 3.63) is 75.7 Å². The first-order valence-corrected chi connectivity index (χ1v) is 7.81. The number of ether oxygens (including phenoxy) is 1. The van der Waals surface area contributed by atoms with Crippen molar-refractivity contribution in [2.75, 3.05) is 0 Å². The largest absolute Gasteiger partial charge is 0.449 e. The van der Waals surface area contributed by atoms with E-state index in [0.717, 1.165) is 5.56 Å². The van der Waals surface area contributed by atoms with E-state index < -0.39 is 17.0 Å². The van der Waals surface area contributed by atoms with Crippen molar-refractivity contribution in [3.8, 4) is 11.5 Å². The van der Waals surface area contributed by atoms with Crippen LogP contribution in [0.3, 0.4) is 0 Å². The molecule has 0 saturated heterocycles. The van der Waals surface area contributed by atoms with Crippen molar-refractivity contribution < 1.29 is 18.9 Å². The van der Waals surface area contributed by atoms with E-state index in [1.807, 2.05) is 30.3 Å². The molecule has 0 aliphatic carbocycles. The normalized spacial score (nSPS) is 11.8. The minimum Gasteiger partial charge on any atom is -0.449 e. The third kappa shape index (κ3) is 3.44. The monoisotopic (exact) mass is 353 g/mol. The van der Waals surface area contributed by atoms with Crippen LogP contribution in [0.25, 0.3) is 11.5 Å². The van der Waals surface area contributed by atoms with Crippen LogP contribution in [0.2, 0.25) is 0 Å². The van der Waals surface area contributed by atoms with Crippen LogP contribution in [0.1, 0.15) is 34.8 Å². The van der Waals surface area contributed by atoms with Gasteiger partial charge in [-0.25, -0.2) is 4.79 Å². The van der Waals surface area contributed by atoms with Crippen molar-refractivity contribution in [2.24, 2.45) is 0 Å². The Hall–Kier alpha value is -3.55. The summed E-state index contributed by atoms with van der Waals surface area (Å²) in [5, 5.41) is 19.0. The Labute approximate surface area is 148 Å². The van der Waals surface area contributed by atoms with Gasteiger partial charge in [0.1, 0.15) is 5.56 Å². The molecular weight excluding hydrogens is 338 g/mol. The molecule has 132 valence electrons. The van der Waals surface area contributed by atoms with Gasteiger partial charge in [-0.2, -0.15) is 0 Å². The molecule has 8 heteroatoms. The van der Waals surface area contributed by atoms with Crippen molar-refractivity contribution in [3.63, 3.8) is 0 Å². The van der Waals surface area contributed by atoms with E-state index in [9.17, 15) is 14.9 Å². The maximum Gasteiger partial charge on any atom is 0.346 e. The molecule has 3 rings (SSSR count). The van der Waals surface area contributed by atoms with Crippen molar-refractivity contribution >= 4 is 11.7 Å². The topological polar surface area (TPSA) is 108 Å². The molecule has 1 unspecified atom stereocenters. The Morgan fingerprint density at radius 1 is 1.15 bits per heavy atom. The van der Waals surface area contributed by atoms with Gasteiger partial charge in [-0.1, -0.05) is 30.3 Å². The second-order valence-corrected chi connectivity index (χ2v) is 5.59. The van der Waals surface area contributed by atoms with E-state index in [1.165, 1.54) is 12.1 Å². The van der Waals surface area contributed by atoms with E-state index in [2.05, 4.69) is 10.2 Å². The fourth-order valence-corrected chi connectivity index (χ4v) is 2.44.